The average molecular weight is 407 g/mol. The summed E-state index contributed by atoms with van der Waals surface area (Å²) in [7, 11) is 0. The molecule has 1 saturated heterocycles. The van der Waals surface area contributed by atoms with Crippen LogP contribution in [0.4, 0.5) is 26.7 Å². The average Bonchev–Trinajstić information content (AvgIpc) is 3.49. The first-order valence-electron chi connectivity index (χ1n) is 10.1. The van der Waals surface area contributed by atoms with Crippen LogP contribution < -0.4 is 26.2 Å². The van der Waals surface area contributed by atoms with Gasteiger partial charge in [0.25, 0.3) is 0 Å². The molecule has 4 rings (SSSR count). The maximum Gasteiger partial charge on any atom is 0.321 e. The van der Waals surface area contributed by atoms with E-state index in [4.69, 9.17) is 0 Å². The van der Waals surface area contributed by atoms with E-state index in [0.29, 0.717) is 18.8 Å². The van der Waals surface area contributed by atoms with Crippen molar-refractivity contribution in [1.82, 2.24) is 10.6 Å². The third-order valence-corrected chi connectivity index (χ3v) is 5.25. The Labute approximate surface area is 175 Å². The zero-order valence-corrected chi connectivity index (χ0v) is 16.8. The Kier molecular flexibility index (Phi) is 5.56. The molecule has 4 N–H and O–H groups in total. The molecule has 30 heavy (non-hydrogen) atoms. The number of rotatable bonds is 6. The van der Waals surface area contributed by atoms with Crippen molar-refractivity contribution in [3.8, 4) is 0 Å². The Morgan fingerprint density at radius 3 is 2.50 bits per heavy atom. The maximum absolute atomic E-state index is 12.4. The summed E-state index contributed by atoms with van der Waals surface area (Å²) in [5, 5.41) is 11.4. The van der Waals surface area contributed by atoms with Crippen LogP contribution in [0.1, 0.15) is 31.4 Å². The zero-order chi connectivity index (χ0) is 21.1. The lowest BCUT2D eigenvalue weighted by Crippen LogP contribution is -2.31. The SMILES string of the molecule is CC(NC(=O)Nc1cccc(N2CCNC2=O)c1)c1ccc(NC(=O)C2CC2)cc1. The monoisotopic (exact) mass is 407 g/mol. The Balaban J connectivity index is 1.32. The molecule has 1 aliphatic heterocycles. The van der Waals surface area contributed by atoms with Gasteiger partial charge in [0.05, 0.1) is 6.04 Å². The molecule has 8 heteroatoms. The number of urea groups is 2. The first kappa shape index (κ1) is 19.8. The van der Waals surface area contributed by atoms with Crippen LogP contribution in [0.5, 0.6) is 0 Å². The second-order valence-corrected chi connectivity index (χ2v) is 7.64. The van der Waals surface area contributed by atoms with E-state index >= 15 is 0 Å². The van der Waals surface area contributed by atoms with E-state index in [0.717, 1.165) is 29.8 Å². The molecule has 0 radical (unpaired) electrons. The van der Waals surface area contributed by atoms with Crippen LogP contribution in [0.3, 0.4) is 0 Å². The van der Waals surface area contributed by atoms with Gasteiger partial charge in [-0.05, 0) is 55.7 Å². The van der Waals surface area contributed by atoms with Gasteiger partial charge in [0.1, 0.15) is 0 Å². The zero-order valence-electron chi connectivity index (χ0n) is 16.8. The highest BCUT2D eigenvalue weighted by Crippen LogP contribution is 2.30. The number of carbonyl (C=O) groups excluding carboxylic acids is 3. The molecule has 2 aliphatic rings. The summed E-state index contributed by atoms with van der Waals surface area (Å²) < 4.78 is 0. The Morgan fingerprint density at radius 2 is 1.83 bits per heavy atom. The van der Waals surface area contributed by atoms with Gasteiger partial charge in [0.2, 0.25) is 5.91 Å². The Bertz CT molecular complexity index is 956. The molecule has 0 spiro atoms. The fraction of sp³-hybridized carbons (Fsp3) is 0.318. The molecule has 1 unspecified atom stereocenters. The normalized spacial score (nSPS) is 16.6. The van der Waals surface area contributed by atoms with E-state index in [2.05, 4.69) is 21.3 Å². The minimum atomic E-state index is -0.336. The highest BCUT2D eigenvalue weighted by Gasteiger charge is 2.29. The number of amides is 5. The largest absolute Gasteiger partial charge is 0.336 e. The Morgan fingerprint density at radius 1 is 1.07 bits per heavy atom. The molecule has 1 heterocycles. The molecule has 0 bridgehead atoms. The van der Waals surface area contributed by atoms with Crippen molar-refractivity contribution < 1.29 is 14.4 Å². The topological polar surface area (TPSA) is 103 Å². The predicted molar refractivity (Wildman–Crippen MR) is 116 cm³/mol. The summed E-state index contributed by atoms with van der Waals surface area (Å²) in [6.07, 6.45) is 1.93. The van der Waals surface area contributed by atoms with E-state index in [9.17, 15) is 14.4 Å². The van der Waals surface area contributed by atoms with E-state index in [-0.39, 0.29) is 29.9 Å². The number of anilines is 3. The lowest BCUT2D eigenvalue weighted by atomic mass is 10.1. The van der Waals surface area contributed by atoms with Crippen molar-refractivity contribution in [3.63, 3.8) is 0 Å². The predicted octanol–water partition coefficient (Wildman–Crippen LogP) is 3.45. The minimum absolute atomic E-state index is 0.0712. The number of hydrogen-bond acceptors (Lipinski definition) is 3. The number of nitrogens with one attached hydrogen (secondary N) is 4. The quantitative estimate of drug-likeness (QED) is 0.590. The molecule has 2 aromatic rings. The van der Waals surface area contributed by atoms with Crippen molar-refractivity contribution in [1.29, 1.82) is 0 Å². The number of carbonyl (C=O) groups is 3. The van der Waals surface area contributed by atoms with E-state index in [1.807, 2.05) is 37.3 Å². The summed E-state index contributed by atoms with van der Waals surface area (Å²) in [5.41, 5.74) is 3.03. The molecule has 156 valence electrons. The first-order chi connectivity index (χ1) is 14.5. The summed E-state index contributed by atoms with van der Waals surface area (Å²) in [5.74, 6) is 0.231. The highest BCUT2D eigenvalue weighted by atomic mass is 16.2. The lowest BCUT2D eigenvalue weighted by Gasteiger charge is -2.17. The molecular formula is C22H25N5O3. The summed E-state index contributed by atoms with van der Waals surface area (Å²) >= 11 is 0. The molecule has 1 atom stereocenters. The van der Waals surface area contributed by atoms with Gasteiger partial charge >= 0.3 is 12.1 Å². The van der Waals surface area contributed by atoms with Crippen LogP contribution >= 0.6 is 0 Å². The fourth-order valence-corrected chi connectivity index (χ4v) is 3.36. The smallest absolute Gasteiger partial charge is 0.321 e. The van der Waals surface area contributed by atoms with Gasteiger partial charge in [-0.3, -0.25) is 9.69 Å². The van der Waals surface area contributed by atoms with Crippen LogP contribution in [-0.4, -0.2) is 31.1 Å². The van der Waals surface area contributed by atoms with Gasteiger partial charge < -0.3 is 21.3 Å². The van der Waals surface area contributed by atoms with Crippen LogP contribution in [0.15, 0.2) is 48.5 Å². The summed E-state index contributed by atoms with van der Waals surface area (Å²) in [6, 6.07) is 14.0. The van der Waals surface area contributed by atoms with Gasteiger partial charge in [-0.1, -0.05) is 18.2 Å². The van der Waals surface area contributed by atoms with Gasteiger partial charge in [0, 0.05) is 36.1 Å². The van der Waals surface area contributed by atoms with Crippen molar-refractivity contribution in [2.24, 2.45) is 5.92 Å². The summed E-state index contributed by atoms with van der Waals surface area (Å²) in [4.78, 5) is 37.7. The van der Waals surface area contributed by atoms with Crippen molar-refractivity contribution in [2.45, 2.75) is 25.8 Å². The molecule has 5 amide bonds. The second kappa shape index (κ2) is 8.44. The van der Waals surface area contributed by atoms with Gasteiger partial charge in [-0.25, -0.2) is 9.59 Å². The van der Waals surface area contributed by atoms with Crippen LogP contribution in [0, 0.1) is 5.92 Å². The molecule has 1 aliphatic carbocycles. The highest BCUT2D eigenvalue weighted by molar-refractivity contribution is 5.96. The first-order valence-corrected chi connectivity index (χ1v) is 10.1. The standard InChI is InChI=1S/C22H25N5O3/c1-14(15-7-9-17(10-8-15)25-20(28)16-5-6-16)24-21(29)26-18-3-2-4-19(13-18)27-12-11-23-22(27)30/h2-4,7-10,13-14,16H,5-6,11-12H2,1H3,(H,23,30)(H,25,28)(H2,24,26,29). The van der Waals surface area contributed by atoms with E-state index < -0.39 is 0 Å². The van der Waals surface area contributed by atoms with Crippen molar-refractivity contribution in [2.75, 3.05) is 28.6 Å². The molecule has 8 nitrogen and oxygen atoms in total. The second-order valence-electron chi connectivity index (χ2n) is 7.64. The molecule has 2 fully saturated rings. The minimum Gasteiger partial charge on any atom is -0.336 e. The Hall–Kier alpha value is -3.55. The molecule has 0 aromatic heterocycles. The third kappa shape index (κ3) is 4.71. The van der Waals surface area contributed by atoms with Gasteiger partial charge in [-0.2, -0.15) is 0 Å². The number of nitrogens with zero attached hydrogens (tertiary/aromatic N) is 1. The van der Waals surface area contributed by atoms with Crippen LogP contribution in [0.25, 0.3) is 0 Å². The van der Waals surface area contributed by atoms with Crippen LogP contribution in [-0.2, 0) is 4.79 Å². The van der Waals surface area contributed by atoms with Crippen molar-refractivity contribution >= 4 is 35.0 Å². The fourth-order valence-electron chi connectivity index (χ4n) is 3.36. The van der Waals surface area contributed by atoms with E-state index in [1.54, 1.807) is 23.1 Å². The molecule has 2 aromatic carbocycles. The summed E-state index contributed by atoms with van der Waals surface area (Å²) in [6.45, 7) is 3.10. The van der Waals surface area contributed by atoms with Gasteiger partial charge in [0.15, 0.2) is 0 Å². The van der Waals surface area contributed by atoms with E-state index in [1.165, 1.54) is 0 Å². The lowest BCUT2D eigenvalue weighted by molar-refractivity contribution is -0.117. The maximum atomic E-state index is 12.4. The number of benzene rings is 2. The third-order valence-electron chi connectivity index (χ3n) is 5.25. The van der Waals surface area contributed by atoms with Gasteiger partial charge in [-0.15, -0.1) is 0 Å². The van der Waals surface area contributed by atoms with Crippen LogP contribution in [0.2, 0.25) is 0 Å². The molecular weight excluding hydrogens is 382 g/mol. The van der Waals surface area contributed by atoms with Crippen molar-refractivity contribution in [3.05, 3.63) is 54.1 Å². The molecule has 1 saturated carbocycles. The number of hydrogen-bond donors (Lipinski definition) is 4.